The SMILES string of the molecule is C=C[SiH2]OC(ON=C(C)CCC)ON=C(C)CCC. The Morgan fingerprint density at radius 3 is 1.95 bits per heavy atom. The van der Waals surface area contributed by atoms with Gasteiger partial charge in [0.25, 0.3) is 0 Å². The summed E-state index contributed by atoms with van der Waals surface area (Å²) in [4.78, 5) is 10.4. The van der Waals surface area contributed by atoms with Gasteiger partial charge in [-0.05, 0) is 26.7 Å². The van der Waals surface area contributed by atoms with Crippen LogP contribution in [0.4, 0.5) is 0 Å². The van der Waals surface area contributed by atoms with Crippen molar-refractivity contribution in [3.8, 4) is 0 Å². The van der Waals surface area contributed by atoms with Crippen molar-refractivity contribution < 1.29 is 14.1 Å². The van der Waals surface area contributed by atoms with Gasteiger partial charge >= 0.3 is 6.48 Å². The zero-order chi connectivity index (χ0) is 14.5. The molecule has 0 bridgehead atoms. The third-order valence-corrected chi connectivity index (χ3v) is 2.86. The molecule has 0 saturated heterocycles. The normalized spacial score (nSPS) is 14.7. The molecule has 0 radical (unpaired) electrons. The predicted molar refractivity (Wildman–Crippen MR) is 81.8 cm³/mol. The molecule has 0 saturated carbocycles. The molecule has 0 aliphatic carbocycles. The van der Waals surface area contributed by atoms with Crippen molar-refractivity contribution in [1.29, 1.82) is 0 Å². The third kappa shape index (κ3) is 10.5. The van der Waals surface area contributed by atoms with Crippen LogP contribution in [0.2, 0.25) is 0 Å². The molecule has 0 unspecified atom stereocenters. The topological polar surface area (TPSA) is 52.4 Å². The van der Waals surface area contributed by atoms with Crippen LogP contribution in [-0.2, 0) is 14.1 Å². The fourth-order valence-corrected chi connectivity index (χ4v) is 1.72. The van der Waals surface area contributed by atoms with Gasteiger partial charge in [0.05, 0.1) is 11.4 Å². The van der Waals surface area contributed by atoms with Gasteiger partial charge in [-0.15, -0.1) is 6.58 Å². The smallest absolute Gasteiger partial charge is 0.352 e. The molecule has 0 aromatic carbocycles. The molecule has 0 heterocycles. The summed E-state index contributed by atoms with van der Waals surface area (Å²) in [5, 5.41) is 7.95. The van der Waals surface area contributed by atoms with Crippen molar-refractivity contribution in [3.63, 3.8) is 0 Å². The van der Waals surface area contributed by atoms with Gasteiger partial charge in [-0.1, -0.05) is 42.7 Å². The van der Waals surface area contributed by atoms with E-state index in [1.807, 2.05) is 13.8 Å². The number of oxime groups is 2. The minimum atomic E-state index is -0.872. The molecule has 0 atom stereocenters. The fourth-order valence-electron chi connectivity index (χ4n) is 1.31. The molecular weight excluding hydrogens is 260 g/mol. The van der Waals surface area contributed by atoms with E-state index >= 15 is 0 Å². The molecule has 110 valence electrons. The first kappa shape index (κ1) is 17.9. The van der Waals surface area contributed by atoms with Crippen LogP contribution in [0.3, 0.4) is 0 Å². The van der Waals surface area contributed by atoms with Gasteiger partial charge < -0.3 is 14.1 Å². The zero-order valence-electron chi connectivity index (χ0n) is 12.5. The van der Waals surface area contributed by atoms with Crippen LogP contribution in [0.5, 0.6) is 0 Å². The second-order valence-corrected chi connectivity index (χ2v) is 5.52. The summed E-state index contributed by atoms with van der Waals surface area (Å²) in [6.45, 7) is 10.8. The van der Waals surface area contributed by atoms with Gasteiger partial charge in [-0.3, -0.25) is 0 Å². The van der Waals surface area contributed by atoms with Gasteiger partial charge in [0.15, 0.2) is 9.76 Å². The van der Waals surface area contributed by atoms with E-state index < -0.39 is 16.2 Å². The van der Waals surface area contributed by atoms with E-state index in [1.165, 1.54) is 0 Å². The lowest BCUT2D eigenvalue weighted by Crippen LogP contribution is -2.19. The van der Waals surface area contributed by atoms with Gasteiger partial charge in [-0.2, -0.15) is 0 Å². The van der Waals surface area contributed by atoms with Gasteiger partial charge in [0.2, 0.25) is 0 Å². The first-order chi connectivity index (χ1) is 9.13. The number of nitrogens with zero attached hydrogens (tertiary/aromatic N) is 2. The van der Waals surface area contributed by atoms with Gasteiger partial charge in [-0.25, -0.2) is 0 Å². The van der Waals surface area contributed by atoms with Crippen molar-refractivity contribution in [1.82, 2.24) is 0 Å². The molecule has 0 aromatic rings. The first-order valence-electron chi connectivity index (χ1n) is 6.75. The molecule has 0 rings (SSSR count). The van der Waals surface area contributed by atoms with E-state index in [9.17, 15) is 0 Å². The molecule has 0 spiro atoms. The van der Waals surface area contributed by atoms with Crippen LogP contribution in [-0.4, -0.2) is 27.7 Å². The zero-order valence-corrected chi connectivity index (χ0v) is 13.9. The Morgan fingerprint density at radius 1 is 1.11 bits per heavy atom. The molecule has 0 aromatic heterocycles. The highest BCUT2D eigenvalue weighted by Crippen LogP contribution is 2.03. The second kappa shape index (κ2) is 11.9. The summed E-state index contributed by atoms with van der Waals surface area (Å²) in [5.41, 5.74) is 3.58. The first-order valence-corrected chi connectivity index (χ1v) is 8.14. The standard InChI is InChI=1S/C13H26N2O3Si/c1-6-9-11(4)14-16-13(18-19-8-3)17-15-12(5)10-7-2/h8,13H,3,6-7,9-10,19H2,1-2,4-5H3. The van der Waals surface area contributed by atoms with E-state index in [-0.39, 0.29) is 0 Å². The molecule has 5 nitrogen and oxygen atoms in total. The van der Waals surface area contributed by atoms with E-state index in [0.29, 0.717) is 0 Å². The van der Waals surface area contributed by atoms with E-state index in [1.54, 1.807) is 5.70 Å². The van der Waals surface area contributed by atoms with Crippen LogP contribution in [0.15, 0.2) is 22.6 Å². The van der Waals surface area contributed by atoms with Crippen molar-refractivity contribution in [3.05, 3.63) is 12.3 Å². The molecule has 0 N–H and O–H groups in total. The summed E-state index contributed by atoms with van der Waals surface area (Å²) in [7, 11) is -0.863. The lowest BCUT2D eigenvalue weighted by molar-refractivity contribution is -0.248. The van der Waals surface area contributed by atoms with Gasteiger partial charge in [0.1, 0.15) is 0 Å². The van der Waals surface area contributed by atoms with Crippen LogP contribution in [0.25, 0.3) is 0 Å². The van der Waals surface area contributed by atoms with Crippen LogP contribution < -0.4 is 0 Å². The molecule has 0 aliphatic heterocycles. The van der Waals surface area contributed by atoms with Crippen molar-refractivity contribution in [2.24, 2.45) is 10.3 Å². The highest BCUT2D eigenvalue weighted by atomic mass is 28.2. The average Bonchev–Trinajstić information content (AvgIpc) is 2.38. The van der Waals surface area contributed by atoms with E-state index in [2.05, 4.69) is 30.7 Å². The summed E-state index contributed by atoms with van der Waals surface area (Å²) in [6.07, 6.45) is 3.84. The quantitative estimate of drug-likeness (QED) is 0.254. The fraction of sp³-hybridized carbons (Fsp3) is 0.692. The minimum Gasteiger partial charge on any atom is -0.352 e. The molecule has 6 heteroatoms. The van der Waals surface area contributed by atoms with Crippen molar-refractivity contribution in [2.45, 2.75) is 59.9 Å². The van der Waals surface area contributed by atoms with Crippen LogP contribution in [0, 0.1) is 0 Å². The Labute approximate surface area is 118 Å². The summed E-state index contributed by atoms with van der Waals surface area (Å²) < 4.78 is 5.41. The molecule has 0 aliphatic rings. The molecular formula is C13H26N2O3Si. The van der Waals surface area contributed by atoms with Crippen LogP contribution in [0.1, 0.15) is 53.4 Å². The summed E-state index contributed by atoms with van der Waals surface area (Å²) in [5.74, 6) is 0. The second-order valence-electron chi connectivity index (χ2n) is 4.27. The molecule has 19 heavy (non-hydrogen) atoms. The lowest BCUT2D eigenvalue weighted by Gasteiger charge is -2.13. The highest BCUT2D eigenvalue weighted by molar-refractivity contribution is 6.34. The minimum absolute atomic E-state index is 0.863. The maximum Gasteiger partial charge on any atom is 0.394 e. The third-order valence-electron chi connectivity index (χ3n) is 2.16. The number of hydrogen-bond acceptors (Lipinski definition) is 5. The Balaban J connectivity index is 4.33. The summed E-state index contributed by atoms with van der Waals surface area (Å²) >= 11 is 0. The van der Waals surface area contributed by atoms with Crippen LogP contribution >= 0.6 is 0 Å². The Kier molecular flexibility index (Phi) is 11.2. The number of rotatable bonds is 11. The maximum absolute atomic E-state index is 5.41. The maximum atomic E-state index is 5.41. The van der Waals surface area contributed by atoms with E-state index in [0.717, 1.165) is 37.1 Å². The average molecular weight is 286 g/mol. The van der Waals surface area contributed by atoms with E-state index in [4.69, 9.17) is 14.1 Å². The Hall–Kier alpha value is -1.14. The lowest BCUT2D eigenvalue weighted by atomic mass is 10.2. The Morgan fingerprint density at radius 2 is 1.58 bits per heavy atom. The summed E-state index contributed by atoms with van der Waals surface area (Å²) in [6, 6.07) is 0. The highest BCUT2D eigenvalue weighted by Gasteiger charge is 2.10. The Bertz CT molecular complexity index is 282. The van der Waals surface area contributed by atoms with Crippen molar-refractivity contribution in [2.75, 3.05) is 0 Å². The largest absolute Gasteiger partial charge is 0.394 e. The molecule has 0 amide bonds. The number of hydrogen-bond donors (Lipinski definition) is 0. The predicted octanol–water partition coefficient (Wildman–Crippen LogP) is 2.90. The monoisotopic (exact) mass is 286 g/mol. The van der Waals surface area contributed by atoms with Crippen molar-refractivity contribution >= 4 is 21.2 Å². The molecule has 0 fully saturated rings. The van der Waals surface area contributed by atoms with Gasteiger partial charge in [0, 0.05) is 0 Å².